The zero-order valence-corrected chi connectivity index (χ0v) is 23.3. The van der Waals surface area contributed by atoms with E-state index in [1.165, 1.54) is 13.8 Å². The van der Waals surface area contributed by atoms with Crippen LogP contribution < -0.4 is 0 Å². The molecule has 0 aromatic rings. The average molecular weight is 521 g/mol. The second-order valence-electron chi connectivity index (χ2n) is 10.9. The summed E-state index contributed by atoms with van der Waals surface area (Å²) >= 11 is 0. The lowest BCUT2D eigenvalue weighted by Crippen LogP contribution is -2.68. The zero-order valence-electron chi connectivity index (χ0n) is 23.3. The van der Waals surface area contributed by atoms with E-state index in [0.717, 1.165) is 18.4 Å². The van der Waals surface area contributed by atoms with Gasteiger partial charge in [-0.1, -0.05) is 57.6 Å². The lowest BCUT2D eigenvalue weighted by molar-refractivity contribution is -0.278. The molecule has 2 fully saturated rings. The molecule has 0 aromatic heterocycles. The number of carbonyl (C=O) groups excluding carboxylic acids is 2. The van der Waals surface area contributed by atoms with Gasteiger partial charge in [-0.3, -0.25) is 9.59 Å². The van der Waals surface area contributed by atoms with E-state index >= 15 is 0 Å². The Kier molecular flexibility index (Phi) is 9.43. The van der Waals surface area contributed by atoms with Crippen LogP contribution >= 0.6 is 0 Å². The molecule has 2 aliphatic carbocycles. The van der Waals surface area contributed by atoms with Gasteiger partial charge >= 0.3 is 11.9 Å². The smallest absolute Gasteiger partial charge is 0.304 e. The highest BCUT2D eigenvalue weighted by atomic mass is 16.8. The van der Waals surface area contributed by atoms with Crippen LogP contribution in [0.25, 0.3) is 0 Å². The number of aliphatic hydroxyl groups excluding tert-OH is 1. The Morgan fingerprint density at radius 1 is 1.24 bits per heavy atom. The number of allylic oxidation sites excluding steroid dienone is 3. The summed E-state index contributed by atoms with van der Waals surface area (Å²) in [5.41, 5.74) is 0.0658. The fraction of sp³-hybridized carbons (Fsp3) is 0.724. The van der Waals surface area contributed by atoms with Gasteiger partial charge in [0.2, 0.25) is 6.29 Å². The van der Waals surface area contributed by atoms with Gasteiger partial charge in [0.05, 0.1) is 18.8 Å². The number of aliphatic hydroxyl groups is 1. The number of rotatable bonds is 10. The van der Waals surface area contributed by atoms with Crippen molar-refractivity contribution in [3.63, 3.8) is 0 Å². The van der Waals surface area contributed by atoms with Crippen molar-refractivity contribution in [2.45, 2.75) is 98.1 Å². The maximum absolute atomic E-state index is 12.4. The summed E-state index contributed by atoms with van der Waals surface area (Å²) in [7, 11) is 1.66. The first kappa shape index (κ1) is 29.6. The van der Waals surface area contributed by atoms with Gasteiger partial charge in [-0.2, -0.15) is 0 Å². The van der Waals surface area contributed by atoms with E-state index in [2.05, 4.69) is 26.5 Å². The molecular formula is C29H44O8. The molecule has 3 aliphatic rings. The normalized spacial score (nSPS) is 39.3. The number of methoxy groups -OCH3 is 1. The van der Waals surface area contributed by atoms with E-state index in [9.17, 15) is 14.7 Å². The molecule has 0 radical (unpaired) electrons. The minimum absolute atomic E-state index is 0.245. The van der Waals surface area contributed by atoms with Crippen LogP contribution in [0, 0.1) is 22.7 Å². The van der Waals surface area contributed by atoms with Gasteiger partial charge in [-0.25, -0.2) is 0 Å². The highest BCUT2D eigenvalue weighted by molar-refractivity contribution is 5.67. The van der Waals surface area contributed by atoms with E-state index in [-0.39, 0.29) is 17.9 Å². The number of unbranched alkanes of at least 4 members (excludes halogenated alkanes) is 1. The second-order valence-corrected chi connectivity index (χ2v) is 10.9. The molecule has 0 bridgehead atoms. The van der Waals surface area contributed by atoms with Gasteiger partial charge in [-0.05, 0) is 43.4 Å². The van der Waals surface area contributed by atoms with Gasteiger partial charge in [0.25, 0.3) is 0 Å². The topological polar surface area (TPSA) is 101 Å². The molecule has 8 heteroatoms. The third kappa shape index (κ3) is 5.31. The number of hydrogen-bond acceptors (Lipinski definition) is 8. The Morgan fingerprint density at radius 3 is 2.49 bits per heavy atom. The first-order valence-corrected chi connectivity index (χ1v) is 13.3. The molecule has 0 amide bonds. The lowest BCUT2D eigenvalue weighted by atomic mass is 9.44. The maximum atomic E-state index is 12.4. The Hall–Kier alpha value is -2.00. The monoisotopic (exact) mass is 520 g/mol. The Labute approximate surface area is 221 Å². The van der Waals surface area contributed by atoms with Crippen LogP contribution in [0.3, 0.4) is 0 Å². The molecule has 1 heterocycles. The Balaban J connectivity index is 2.29. The molecule has 9 atom stereocenters. The van der Waals surface area contributed by atoms with Gasteiger partial charge in [-0.15, -0.1) is 0 Å². The number of esters is 2. The van der Waals surface area contributed by atoms with Crippen molar-refractivity contribution in [2.24, 2.45) is 22.7 Å². The summed E-state index contributed by atoms with van der Waals surface area (Å²) in [5, 5.41) is 11.8. The molecule has 208 valence electrons. The van der Waals surface area contributed by atoms with E-state index in [0.29, 0.717) is 25.0 Å². The summed E-state index contributed by atoms with van der Waals surface area (Å²) < 4.78 is 30.1. The van der Waals surface area contributed by atoms with E-state index in [1.54, 1.807) is 13.2 Å². The largest absolute Gasteiger partial charge is 0.459 e. The average Bonchev–Trinajstić information content (AvgIpc) is 3.15. The van der Waals surface area contributed by atoms with E-state index in [4.69, 9.17) is 23.7 Å². The fourth-order valence-corrected chi connectivity index (χ4v) is 6.53. The second kappa shape index (κ2) is 11.8. The van der Waals surface area contributed by atoms with Crippen molar-refractivity contribution in [2.75, 3.05) is 13.7 Å². The van der Waals surface area contributed by atoms with Crippen molar-refractivity contribution in [3.8, 4) is 0 Å². The summed E-state index contributed by atoms with van der Waals surface area (Å²) in [4.78, 5) is 24.7. The number of ether oxygens (including phenoxy) is 5. The first-order valence-electron chi connectivity index (χ1n) is 13.3. The summed E-state index contributed by atoms with van der Waals surface area (Å²) in [5.74, 6) is -1.57. The number of hydrogen-bond donors (Lipinski definition) is 1. The van der Waals surface area contributed by atoms with Crippen LogP contribution in [0.1, 0.15) is 67.2 Å². The van der Waals surface area contributed by atoms with Crippen LogP contribution in [-0.4, -0.2) is 61.7 Å². The zero-order chi connectivity index (χ0) is 27.5. The molecule has 1 spiro atoms. The summed E-state index contributed by atoms with van der Waals surface area (Å²) in [6.07, 6.45) is 4.57. The van der Waals surface area contributed by atoms with E-state index < -0.39 is 47.6 Å². The van der Waals surface area contributed by atoms with Crippen molar-refractivity contribution in [3.05, 3.63) is 36.0 Å². The lowest BCUT2D eigenvalue weighted by Gasteiger charge is -2.62. The molecule has 8 nitrogen and oxygen atoms in total. The van der Waals surface area contributed by atoms with Crippen LogP contribution in [0.15, 0.2) is 36.0 Å². The first-order chi connectivity index (χ1) is 17.5. The van der Waals surface area contributed by atoms with Crippen molar-refractivity contribution in [1.29, 1.82) is 0 Å². The van der Waals surface area contributed by atoms with Crippen LogP contribution in [0.2, 0.25) is 0 Å². The molecule has 3 rings (SSSR count). The molecule has 1 saturated heterocycles. The highest BCUT2D eigenvalue weighted by Crippen LogP contribution is 2.67. The van der Waals surface area contributed by atoms with Gasteiger partial charge in [0.1, 0.15) is 11.5 Å². The Bertz CT molecular complexity index is 925. The molecule has 1 unspecified atom stereocenters. The Morgan fingerprint density at radius 2 is 1.92 bits per heavy atom. The molecule has 0 aromatic carbocycles. The van der Waals surface area contributed by atoms with Gasteiger partial charge < -0.3 is 28.8 Å². The third-order valence-corrected chi connectivity index (χ3v) is 8.75. The van der Waals surface area contributed by atoms with Crippen LogP contribution in [-0.2, 0) is 33.3 Å². The molecule has 37 heavy (non-hydrogen) atoms. The predicted molar refractivity (Wildman–Crippen MR) is 138 cm³/mol. The molecule has 1 N–H and O–H groups in total. The van der Waals surface area contributed by atoms with Crippen molar-refractivity contribution < 1.29 is 38.4 Å². The predicted octanol–water partition coefficient (Wildman–Crippen LogP) is 4.47. The molecule has 1 aliphatic heterocycles. The maximum Gasteiger partial charge on any atom is 0.304 e. The summed E-state index contributed by atoms with van der Waals surface area (Å²) in [6.45, 7) is 15.1. The standard InChI is InChI=1S/C29H44O8/c1-9-11-14-34-26-22-15-21(33-8)16-23-28(7,13-12-17(3)10-2)18(4)24(32)25(35-19(5)30)29(22,23)27(37-26)36-20(6)31/h10,12,15,18,21,23-27,32H,2,9,11,13-14,16H2,1,3-8H3/b17-12-/t18-,21+,23+,24-,25+,26+,27-,28-,29?/m1/s1. The fourth-order valence-electron chi connectivity index (χ4n) is 6.53. The highest BCUT2D eigenvalue weighted by Gasteiger charge is 2.74. The van der Waals surface area contributed by atoms with Crippen LogP contribution in [0.5, 0.6) is 0 Å². The number of carbonyl (C=O) groups is 2. The third-order valence-electron chi connectivity index (χ3n) is 8.75. The quantitative estimate of drug-likeness (QED) is 0.195. The SMILES string of the molecule is C=C/C(C)=C\C[C@]1(C)[C@H](C)[C@@H](O)[C@H](OC(C)=O)C23C(=C[C@H](OC)C[C@H]21)[C@@H](OCCCC)O[C@H]3OC(C)=O. The van der Waals surface area contributed by atoms with Crippen molar-refractivity contribution >= 4 is 11.9 Å². The van der Waals surface area contributed by atoms with Gasteiger partial charge in [0, 0.05) is 26.5 Å². The van der Waals surface area contributed by atoms with Gasteiger partial charge in [0.15, 0.2) is 6.29 Å². The van der Waals surface area contributed by atoms with E-state index in [1.807, 2.05) is 19.9 Å². The minimum Gasteiger partial charge on any atom is -0.459 e. The summed E-state index contributed by atoms with van der Waals surface area (Å²) in [6, 6.07) is 0. The van der Waals surface area contributed by atoms with Crippen LogP contribution in [0.4, 0.5) is 0 Å². The minimum atomic E-state index is -1.15. The molecule has 1 saturated carbocycles. The van der Waals surface area contributed by atoms with Crippen molar-refractivity contribution in [1.82, 2.24) is 0 Å². The molecular weight excluding hydrogens is 476 g/mol.